The van der Waals surface area contributed by atoms with Crippen molar-refractivity contribution < 1.29 is 54.1 Å². The highest BCUT2D eigenvalue weighted by Crippen LogP contribution is 2.45. The fourth-order valence-corrected chi connectivity index (χ4v) is 5.75. The minimum Gasteiger partial charge on any atom is -0.435 e. The van der Waals surface area contributed by atoms with E-state index in [0.717, 1.165) is 18.2 Å². The minimum absolute atomic E-state index is 0.0124. The van der Waals surface area contributed by atoms with Crippen molar-refractivity contribution in [3.05, 3.63) is 76.7 Å². The number of morpholine rings is 1. The van der Waals surface area contributed by atoms with E-state index in [4.69, 9.17) is 9.47 Å². The van der Waals surface area contributed by atoms with Gasteiger partial charge in [0.1, 0.15) is 11.6 Å². The lowest BCUT2D eigenvalue weighted by Crippen LogP contribution is -2.55. The Labute approximate surface area is 239 Å². The molecule has 3 unspecified atom stereocenters. The number of halogens is 1. The number of piperidine rings is 1. The number of carbonyl (C=O) groups is 2. The van der Waals surface area contributed by atoms with Crippen molar-refractivity contribution in [1.82, 2.24) is 15.1 Å². The molecule has 0 radical (unpaired) electrons. The van der Waals surface area contributed by atoms with E-state index in [0.29, 0.717) is 11.0 Å². The molecular formula is C28H32FN3O10. The van der Waals surface area contributed by atoms with E-state index in [1.165, 1.54) is 17.0 Å². The molecule has 0 bridgehead atoms. The first-order chi connectivity index (χ1) is 19.5. The number of carbonyl (C=O) groups excluding carboxylic acids is 2. The molecule has 5 rings (SSSR count). The van der Waals surface area contributed by atoms with Crippen molar-refractivity contribution >= 4 is 11.8 Å². The molecule has 2 amide bonds. The standard InChI is InChI=1S/C28H32FN3O10/c1-14-12-31(13-15(2)41-14)26(35,36)17-7-8-19(20(29)11-17)28(39,40)42-22-6-4-5-18-24(22)27(37,38)32(25(18)34)21-9-10-23(33)30-16(21)3/h4-8,11,14-15,21,35-40H,3,9-10,12-13H2,1-2H3,(H,30,33). The summed E-state index contributed by atoms with van der Waals surface area (Å²) in [5.41, 5.74) is -1.85. The molecule has 7 N–H and O–H groups in total. The van der Waals surface area contributed by atoms with Gasteiger partial charge >= 0.3 is 5.97 Å². The average Bonchev–Trinajstić information content (AvgIpc) is 3.09. The van der Waals surface area contributed by atoms with E-state index in [-0.39, 0.29) is 60.9 Å². The molecule has 3 atom stereocenters. The molecule has 226 valence electrons. The molecule has 2 aromatic carbocycles. The monoisotopic (exact) mass is 589 g/mol. The second-order valence-electron chi connectivity index (χ2n) is 10.8. The number of ether oxygens (including phenoxy) is 2. The Morgan fingerprint density at radius 2 is 1.76 bits per heavy atom. The number of fused-ring (bicyclic) bond motifs is 1. The van der Waals surface area contributed by atoms with Crippen molar-refractivity contribution in [2.75, 3.05) is 13.1 Å². The van der Waals surface area contributed by atoms with Gasteiger partial charge in [-0.15, -0.1) is 0 Å². The summed E-state index contributed by atoms with van der Waals surface area (Å²) < 4.78 is 26.2. The van der Waals surface area contributed by atoms with Crippen molar-refractivity contribution in [3.8, 4) is 5.75 Å². The first kappa shape index (κ1) is 30.0. The summed E-state index contributed by atoms with van der Waals surface area (Å²) in [4.78, 5) is 26.9. The fraction of sp³-hybridized carbons (Fsp3) is 0.429. The van der Waals surface area contributed by atoms with Crippen molar-refractivity contribution in [2.24, 2.45) is 0 Å². The maximum atomic E-state index is 15.3. The Balaban J connectivity index is 1.43. The van der Waals surface area contributed by atoms with Crippen molar-refractivity contribution in [1.29, 1.82) is 0 Å². The van der Waals surface area contributed by atoms with Gasteiger partial charge in [0.25, 0.3) is 17.7 Å². The molecule has 13 nitrogen and oxygen atoms in total. The van der Waals surface area contributed by atoms with Crippen LogP contribution in [-0.4, -0.2) is 83.6 Å². The SMILES string of the molecule is C=C1NC(=O)CCC1N1C(=O)c2cccc(OC(O)(O)c3ccc(C(O)(O)N4CC(C)OC(C)C4)cc3F)c2C1(O)O. The molecular weight excluding hydrogens is 557 g/mol. The molecule has 2 fully saturated rings. The summed E-state index contributed by atoms with van der Waals surface area (Å²) in [6.45, 7) is 7.46. The van der Waals surface area contributed by atoms with E-state index in [1.807, 2.05) is 0 Å². The van der Waals surface area contributed by atoms with E-state index < -0.39 is 52.4 Å². The Hall–Kier alpha value is -3.47. The largest absolute Gasteiger partial charge is 0.435 e. The van der Waals surface area contributed by atoms with Crippen LogP contribution in [-0.2, 0) is 27.3 Å². The van der Waals surface area contributed by atoms with Crippen LogP contribution in [0.2, 0.25) is 0 Å². The topological polar surface area (TPSA) is 192 Å². The van der Waals surface area contributed by atoms with Gasteiger partial charge in [-0.05, 0) is 44.5 Å². The number of nitrogens with one attached hydrogen (secondary N) is 1. The summed E-state index contributed by atoms with van der Waals surface area (Å²) in [5, 5.41) is 68.0. The van der Waals surface area contributed by atoms with E-state index >= 15 is 4.39 Å². The third kappa shape index (κ3) is 5.05. The fourth-order valence-electron chi connectivity index (χ4n) is 5.75. The van der Waals surface area contributed by atoms with Gasteiger partial charge in [0.05, 0.1) is 34.9 Å². The molecule has 3 aliphatic heterocycles. The number of hydrogen-bond donors (Lipinski definition) is 7. The zero-order chi connectivity index (χ0) is 30.8. The second-order valence-corrected chi connectivity index (χ2v) is 10.8. The highest BCUT2D eigenvalue weighted by Gasteiger charge is 2.54. The summed E-state index contributed by atoms with van der Waals surface area (Å²) in [6.07, 6.45) is -0.627. The number of benzene rings is 2. The summed E-state index contributed by atoms with van der Waals surface area (Å²) in [7, 11) is 0. The van der Waals surface area contributed by atoms with Crippen LogP contribution in [0.5, 0.6) is 5.75 Å². The Bertz CT molecular complexity index is 1440. The van der Waals surface area contributed by atoms with Gasteiger partial charge in [-0.3, -0.25) is 14.5 Å². The van der Waals surface area contributed by atoms with Crippen LogP contribution >= 0.6 is 0 Å². The van der Waals surface area contributed by atoms with Gasteiger partial charge in [0.15, 0.2) is 0 Å². The van der Waals surface area contributed by atoms with E-state index in [2.05, 4.69) is 11.9 Å². The molecule has 0 aromatic heterocycles. The van der Waals surface area contributed by atoms with Gasteiger partial charge in [0.2, 0.25) is 5.91 Å². The smallest absolute Gasteiger partial charge is 0.354 e. The molecule has 0 spiro atoms. The molecule has 14 heteroatoms. The normalized spacial score (nSPS) is 24.9. The second kappa shape index (κ2) is 10.4. The molecule has 0 aliphatic carbocycles. The molecule has 42 heavy (non-hydrogen) atoms. The third-order valence-electron chi connectivity index (χ3n) is 7.63. The summed E-state index contributed by atoms with van der Waals surface area (Å²) in [6, 6.07) is 5.31. The average molecular weight is 590 g/mol. The molecule has 3 aliphatic rings. The number of amides is 2. The van der Waals surface area contributed by atoms with Gasteiger partial charge in [-0.1, -0.05) is 18.7 Å². The molecule has 2 saturated heterocycles. The molecule has 0 saturated carbocycles. The highest BCUT2D eigenvalue weighted by molar-refractivity contribution is 6.01. The maximum Gasteiger partial charge on any atom is 0.354 e. The van der Waals surface area contributed by atoms with Crippen molar-refractivity contribution in [2.45, 2.75) is 62.7 Å². The first-order valence-electron chi connectivity index (χ1n) is 13.2. The van der Waals surface area contributed by atoms with Crippen LogP contribution in [0.1, 0.15) is 53.7 Å². The Kier molecular flexibility index (Phi) is 7.40. The summed E-state index contributed by atoms with van der Waals surface area (Å²) in [5.74, 6) is -12.1. The number of nitrogens with zero attached hydrogens (tertiary/aromatic N) is 2. The Morgan fingerprint density at radius 1 is 1.10 bits per heavy atom. The third-order valence-corrected chi connectivity index (χ3v) is 7.63. The van der Waals surface area contributed by atoms with Crippen LogP contribution in [0.4, 0.5) is 4.39 Å². The van der Waals surface area contributed by atoms with Gasteiger partial charge in [-0.25, -0.2) is 9.29 Å². The number of rotatable bonds is 6. The highest BCUT2D eigenvalue weighted by atomic mass is 19.1. The van der Waals surface area contributed by atoms with Crippen LogP contribution < -0.4 is 10.1 Å². The summed E-state index contributed by atoms with van der Waals surface area (Å²) >= 11 is 0. The van der Waals surface area contributed by atoms with Crippen LogP contribution in [0, 0.1) is 5.82 Å². The molecule has 2 aromatic rings. The first-order valence-corrected chi connectivity index (χ1v) is 13.2. The lowest BCUT2D eigenvalue weighted by molar-refractivity contribution is -0.309. The molecule has 3 heterocycles. The zero-order valence-corrected chi connectivity index (χ0v) is 22.8. The number of aliphatic hydroxyl groups is 6. The predicted molar refractivity (Wildman–Crippen MR) is 140 cm³/mol. The number of hydrogen-bond acceptors (Lipinski definition) is 11. The van der Waals surface area contributed by atoms with E-state index in [1.54, 1.807) is 13.8 Å². The quantitative estimate of drug-likeness (QED) is 0.216. The zero-order valence-electron chi connectivity index (χ0n) is 22.8. The van der Waals surface area contributed by atoms with Gasteiger partial charge < -0.3 is 45.4 Å². The lowest BCUT2D eigenvalue weighted by atomic mass is 10.0. The van der Waals surface area contributed by atoms with E-state index in [9.17, 15) is 40.2 Å². The Morgan fingerprint density at radius 3 is 2.38 bits per heavy atom. The maximum absolute atomic E-state index is 15.3. The van der Waals surface area contributed by atoms with Crippen molar-refractivity contribution in [3.63, 3.8) is 0 Å². The van der Waals surface area contributed by atoms with Crippen LogP contribution in [0.15, 0.2) is 48.7 Å². The lowest BCUT2D eigenvalue weighted by Gasteiger charge is -2.42. The van der Waals surface area contributed by atoms with Gasteiger partial charge in [-0.2, -0.15) is 0 Å². The van der Waals surface area contributed by atoms with Crippen LogP contribution in [0.25, 0.3) is 0 Å². The predicted octanol–water partition coefficient (Wildman–Crippen LogP) is -0.453. The van der Waals surface area contributed by atoms with Crippen LogP contribution in [0.3, 0.4) is 0 Å². The minimum atomic E-state index is -3.41. The van der Waals surface area contributed by atoms with Gasteiger partial charge in [0, 0.05) is 30.8 Å².